The number of nitrogens with zero attached hydrogens (tertiary/aromatic N) is 2. The average molecular weight is 224 g/mol. The second-order valence-electron chi connectivity index (χ2n) is 3.36. The van der Waals surface area contributed by atoms with E-state index in [-0.39, 0.29) is 11.7 Å². The van der Waals surface area contributed by atoms with Gasteiger partial charge in [-0.15, -0.1) is 0 Å². The van der Waals surface area contributed by atoms with Crippen LogP contribution in [0.4, 0.5) is 0 Å². The van der Waals surface area contributed by atoms with E-state index in [0.29, 0.717) is 19.0 Å². The van der Waals surface area contributed by atoms with Crippen molar-refractivity contribution in [3.05, 3.63) is 18.6 Å². The van der Waals surface area contributed by atoms with E-state index in [4.69, 9.17) is 4.74 Å². The average Bonchev–Trinajstić information content (AvgIpc) is 2.81. The van der Waals surface area contributed by atoms with Crippen LogP contribution in [0.1, 0.15) is 6.42 Å². The van der Waals surface area contributed by atoms with E-state index in [1.165, 1.54) is 18.1 Å². The van der Waals surface area contributed by atoms with Gasteiger partial charge >= 0.3 is 0 Å². The Morgan fingerprint density at radius 2 is 2.60 bits per heavy atom. The Balaban J connectivity index is 1.80. The van der Waals surface area contributed by atoms with Crippen LogP contribution in [0.2, 0.25) is 0 Å². The summed E-state index contributed by atoms with van der Waals surface area (Å²) >= 11 is 1.46. The highest BCUT2D eigenvalue weighted by Gasteiger charge is 2.23. The maximum Gasteiger partial charge on any atom is 0.148 e. The fourth-order valence-electron chi connectivity index (χ4n) is 1.42. The van der Waals surface area contributed by atoms with Gasteiger partial charge in [0.1, 0.15) is 12.1 Å². The fraction of sp³-hybridized carbons (Fsp3) is 0.500. The van der Waals surface area contributed by atoms with Gasteiger partial charge in [-0.3, -0.25) is 4.79 Å². The minimum Gasteiger partial charge on any atom is -0.381 e. The molecule has 0 radical (unpaired) electrons. The molecule has 2 heterocycles. The van der Waals surface area contributed by atoms with Crippen LogP contribution in [-0.2, 0) is 9.53 Å². The van der Waals surface area contributed by atoms with Gasteiger partial charge in [-0.05, 0) is 12.5 Å². The van der Waals surface area contributed by atoms with Gasteiger partial charge in [0, 0.05) is 18.7 Å². The molecule has 1 unspecified atom stereocenters. The Bertz CT molecular complexity index is 325. The lowest BCUT2D eigenvalue weighted by atomic mass is 10.1. The molecule has 1 saturated heterocycles. The molecule has 1 aromatic rings. The summed E-state index contributed by atoms with van der Waals surface area (Å²) in [4.78, 5) is 19.5. The van der Waals surface area contributed by atoms with Crippen molar-refractivity contribution in [2.75, 3.05) is 19.0 Å². The second-order valence-corrected chi connectivity index (χ2v) is 4.36. The van der Waals surface area contributed by atoms with Crippen LogP contribution in [-0.4, -0.2) is 34.7 Å². The monoisotopic (exact) mass is 224 g/mol. The Hall–Kier alpha value is -0.940. The molecule has 0 aliphatic carbocycles. The molecule has 0 N–H and O–H groups in total. The van der Waals surface area contributed by atoms with E-state index in [2.05, 4.69) is 9.97 Å². The third-order valence-electron chi connectivity index (χ3n) is 2.30. The lowest BCUT2D eigenvalue weighted by Gasteiger charge is -2.05. The number of rotatable bonds is 4. The predicted octanol–water partition coefficient (Wildman–Crippen LogP) is 1.17. The standard InChI is InChI=1S/C10H12N2O2S/c13-9(8-2-4-14-5-8)6-15-10-1-3-11-7-12-10/h1,3,7-8H,2,4-6H2. The van der Waals surface area contributed by atoms with E-state index in [0.717, 1.165) is 11.4 Å². The first-order chi connectivity index (χ1) is 7.36. The first-order valence-corrected chi connectivity index (χ1v) is 5.84. The summed E-state index contributed by atoms with van der Waals surface area (Å²) in [6, 6.07) is 1.81. The molecular weight excluding hydrogens is 212 g/mol. The normalized spacial score (nSPS) is 20.4. The molecule has 0 saturated carbocycles. The lowest BCUT2D eigenvalue weighted by Crippen LogP contribution is -2.16. The van der Waals surface area contributed by atoms with Gasteiger partial charge in [-0.25, -0.2) is 9.97 Å². The van der Waals surface area contributed by atoms with Crippen LogP contribution in [0.3, 0.4) is 0 Å². The van der Waals surface area contributed by atoms with E-state index < -0.39 is 0 Å². The number of Topliss-reactive ketones (excluding diaryl/α,β-unsaturated/α-hetero) is 1. The van der Waals surface area contributed by atoms with Crippen molar-refractivity contribution in [1.29, 1.82) is 0 Å². The second kappa shape index (κ2) is 5.23. The lowest BCUT2D eigenvalue weighted by molar-refractivity contribution is -0.120. The van der Waals surface area contributed by atoms with Crippen molar-refractivity contribution in [2.45, 2.75) is 11.4 Å². The maximum atomic E-state index is 11.7. The molecule has 1 atom stereocenters. The van der Waals surface area contributed by atoms with Crippen LogP contribution in [0.5, 0.6) is 0 Å². The molecule has 0 amide bonds. The molecule has 5 heteroatoms. The molecular formula is C10H12N2O2S. The van der Waals surface area contributed by atoms with E-state index in [1.54, 1.807) is 6.20 Å². The molecule has 0 spiro atoms. The molecule has 80 valence electrons. The summed E-state index contributed by atoms with van der Waals surface area (Å²) in [7, 11) is 0. The predicted molar refractivity (Wildman–Crippen MR) is 56.7 cm³/mol. The van der Waals surface area contributed by atoms with Crippen molar-refractivity contribution in [3.63, 3.8) is 0 Å². The van der Waals surface area contributed by atoms with Gasteiger partial charge in [0.15, 0.2) is 0 Å². The number of ether oxygens (including phenoxy) is 1. The zero-order valence-corrected chi connectivity index (χ0v) is 9.07. The van der Waals surface area contributed by atoms with Crippen LogP contribution in [0.25, 0.3) is 0 Å². The van der Waals surface area contributed by atoms with Crippen LogP contribution >= 0.6 is 11.8 Å². The zero-order valence-electron chi connectivity index (χ0n) is 8.26. The van der Waals surface area contributed by atoms with Gasteiger partial charge in [-0.1, -0.05) is 11.8 Å². The minimum atomic E-state index is 0.0966. The number of aromatic nitrogens is 2. The van der Waals surface area contributed by atoms with Crippen molar-refractivity contribution < 1.29 is 9.53 Å². The van der Waals surface area contributed by atoms with Gasteiger partial charge < -0.3 is 4.74 Å². The van der Waals surface area contributed by atoms with Crippen molar-refractivity contribution >= 4 is 17.5 Å². The van der Waals surface area contributed by atoms with Gasteiger partial charge in [0.25, 0.3) is 0 Å². The Morgan fingerprint density at radius 3 is 3.27 bits per heavy atom. The number of hydrogen-bond donors (Lipinski definition) is 0. The number of ketones is 1. The summed E-state index contributed by atoms with van der Waals surface area (Å²) in [5.74, 6) is 0.834. The summed E-state index contributed by atoms with van der Waals surface area (Å²) in [5, 5.41) is 0.845. The molecule has 1 aliphatic rings. The molecule has 0 bridgehead atoms. The number of thioether (sulfide) groups is 1. The number of carbonyl (C=O) groups excluding carboxylic acids is 1. The molecule has 0 aromatic carbocycles. The molecule has 15 heavy (non-hydrogen) atoms. The zero-order chi connectivity index (χ0) is 10.5. The van der Waals surface area contributed by atoms with Crippen LogP contribution < -0.4 is 0 Å². The fourth-order valence-corrected chi connectivity index (χ4v) is 2.22. The Kier molecular flexibility index (Phi) is 3.69. The highest BCUT2D eigenvalue weighted by molar-refractivity contribution is 7.99. The number of hydrogen-bond acceptors (Lipinski definition) is 5. The third-order valence-corrected chi connectivity index (χ3v) is 3.27. The van der Waals surface area contributed by atoms with E-state index in [1.807, 2.05) is 6.07 Å². The summed E-state index contributed by atoms with van der Waals surface area (Å²) < 4.78 is 5.17. The first kappa shape index (κ1) is 10.6. The summed E-state index contributed by atoms with van der Waals surface area (Å²) in [6.45, 7) is 1.30. The SMILES string of the molecule is O=C(CSc1ccncn1)C1CCOC1. The minimum absolute atomic E-state index is 0.0966. The van der Waals surface area contributed by atoms with Gasteiger partial charge in [0.05, 0.1) is 17.4 Å². The first-order valence-electron chi connectivity index (χ1n) is 4.85. The molecule has 1 fully saturated rings. The maximum absolute atomic E-state index is 11.7. The topological polar surface area (TPSA) is 52.1 Å². The van der Waals surface area contributed by atoms with Crippen LogP contribution in [0.15, 0.2) is 23.6 Å². The van der Waals surface area contributed by atoms with Crippen LogP contribution in [0, 0.1) is 5.92 Å². The summed E-state index contributed by atoms with van der Waals surface area (Å²) in [5.41, 5.74) is 0. The molecule has 4 nitrogen and oxygen atoms in total. The van der Waals surface area contributed by atoms with Crippen molar-refractivity contribution in [1.82, 2.24) is 9.97 Å². The molecule has 2 rings (SSSR count). The Morgan fingerprint density at radius 1 is 1.67 bits per heavy atom. The highest BCUT2D eigenvalue weighted by Crippen LogP contribution is 2.19. The molecule has 1 aromatic heterocycles. The largest absolute Gasteiger partial charge is 0.381 e. The van der Waals surface area contributed by atoms with Gasteiger partial charge in [-0.2, -0.15) is 0 Å². The van der Waals surface area contributed by atoms with E-state index in [9.17, 15) is 4.79 Å². The molecule has 1 aliphatic heterocycles. The quantitative estimate of drug-likeness (QED) is 0.567. The number of carbonyl (C=O) groups is 1. The Labute approximate surface area is 92.5 Å². The van der Waals surface area contributed by atoms with Crippen molar-refractivity contribution in [3.8, 4) is 0 Å². The third kappa shape index (κ3) is 3.00. The van der Waals surface area contributed by atoms with Gasteiger partial charge in [0.2, 0.25) is 0 Å². The highest BCUT2D eigenvalue weighted by atomic mass is 32.2. The van der Waals surface area contributed by atoms with Crippen molar-refractivity contribution in [2.24, 2.45) is 5.92 Å². The van der Waals surface area contributed by atoms with E-state index >= 15 is 0 Å². The smallest absolute Gasteiger partial charge is 0.148 e. The summed E-state index contributed by atoms with van der Waals surface area (Å²) in [6.07, 6.45) is 4.03.